The number of carbonyl (C=O) groups is 2. The fourth-order valence-electron chi connectivity index (χ4n) is 11.1. The van der Waals surface area contributed by atoms with Gasteiger partial charge in [0.15, 0.2) is 23.5 Å². The van der Waals surface area contributed by atoms with Crippen LogP contribution in [-0.4, -0.2) is 125 Å². The first-order valence-electron chi connectivity index (χ1n) is 20.9. The third-order valence-electron chi connectivity index (χ3n) is 13.9. The van der Waals surface area contributed by atoms with Crippen molar-refractivity contribution in [3.63, 3.8) is 0 Å². The molecule has 3 saturated heterocycles. The Bertz CT molecular complexity index is 1570. The third-order valence-corrected chi connectivity index (χ3v) is 14.9. The molecule has 314 valence electrons. The second kappa shape index (κ2) is 17.7. The Hall–Kier alpha value is -2.01. The molecule has 0 unspecified atom stereocenters. The number of carbonyl (C=O) groups excluding carboxylic acids is 2. The Morgan fingerprint density at radius 2 is 1.66 bits per heavy atom. The summed E-state index contributed by atoms with van der Waals surface area (Å²) < 4.78 is 50.0. The highest BCUT2D eigenvalue weighted by Gasteiger charge is 2.57. The molecule has 1 aromatic rings. The summed E-state index contributed by atoms with van der Waals surface area (Å²) in [4.78, 5) is 37.0. The third kappa shape index (κ3) is 8.12. The van der Waals surface area contributed by atoms with E-state index in [4.69, 9.17) is 48.6 Å². The standard InChI is InChI=1S/C42H65N3O10S/c1-10-23-12-11-13-31(55-33-15-14-30(45(5)6)21(3)51-33)20(2)36(47)28-18-26-25-16-24(54-41-39(50-9)38(49-8)37(48-7)22(4)52-41)17-29(25)40-35(44-42(43)56-40)34(26)27(28)19-32(46)53-23/h18,20-27,29-31,33-34,37-39,41H,10-17,19H2,1-9H3,(H2,43,44)/t20-,21-,22+,23+,24+,25+,26+,27-,29-,30+,31+,33+,34-,37+,38-,39-,41+/m1/s1. The molecule has 3 aliphatic carbocycles. The van der Waals surface area contributed by atoms with E-state index >= 15 is 0 Å². The number of anilines is 1. The maximum atomic E-state index is 15.0. The smallest absolute Gasteiger partial charge is 0.306 e. The fraction of sp³-hybridized carbons (Fsp3) is 0.833. The average Bonchev–Trinajstić information content (AvgIpc) is 3.87. The topological polar surface area (TPSA) is 150 Å². The summed E-state index contributed by atoms with van der Waals surface area (Å²) in [6.07, 6.45) is 5.29. The Balaban J connectivity index is 1.18. The van der Waals surface area contributed by atoms with Crippen LogP contribution in [0.3, 0.4) is 0 Å². The van der Waals surface area contributed by atoms with Crippen LogP contribution in [0.1, 0.15) is 108 Å². The lowest BCUT2D eigenvalue weighted by molar-refractivity contribution is -0.314. The Labute approximate surface area is 336 Å². The first kappa shape index (κ1) is 42.1. The molecule has 4 heterocycles. The van der Waals surface area contributed by atoms with Crippen LogP contribution in [0.2, 0.25) is 0 Å². The van der Waals surface area contributed by atoms with Crippen molar-refractivity contribution in [2.45, 2.75) is 165 Å². The molecule has 1 aromatic heterocycles. The highest BCUT2D eigenvalue weighted by molar-refractivity contribution is 7.15. The van der Waals surface area contributed by atoms with Gasteiger partial charge in [0.05, 0.1) is 36.5 Å². The molecule has 17 atom stereocenters. The van der Waals surface area contributed by atoms with E-state index in [1.807, 2.05) is 13.8 Å². The summed E-state index contributed by atoms with van der Waals surface area (Å²) in [5.74, 6) is -0.978. The zero-order valence-electron chi connectivity index (χ0n) is 34.7. The zero-order valence-corrected chi connectivity index (χ0v) is 35.5. The van der Waals surface area contributed by atoms with Crippen molar-refractivity contribution in [2.24, 2.45) is 23.7 Å². The van der Waals surface area contributed by atoms with Gasteiger partial charge in [-0.2, -0.15) is 0 Å². The van der Waals surface area contributed by atoms with Crippen LogP contribution in [0, 0.1) is 23.7 Å². The van der Waals surface area contributed by atoms with Crippen LogP contribution in [0.5, 0.6) is 0 Å². The summed E-state index contributed by atoms with van der Waals surface area (Å²) >= 11 is 1.52. The van der Waals surface area contributed by atoms with Gasteiger partial charge in [-0.25, -0.2) is 4.98 Å². The number of aromatic nitrogens is 1. The Morgan fingerprint density at radius 3 is 2.34 bits per heavy atom. The van der Waals surface area contributed by atoms with E-state index in [-0.39, 0.29) is 96.8 Å². The number of nitrogen functional groups attached to an aromatic ring is 1. The number of hydrogen-bond donors (Lipinski definition) is 1. The number of ketones is 1. The SMILES string of the molecule is CC[C@H]1CCC[C@H](O[C@H]2CC[C@H](N(C)C)[C@@H](C)O2)[C@@H](C)C(=O)C2=C[C@H]3[C@@H]4C[C@H](O[C@@H]5O[C@@H](C)[C@H](OC)[C@@H](OC)[C@H]5OC)C[C@H]4c4sc(N)nc4[C@H]3[C@@H]2CC(=O)O1. The zero-order chi connectivity index (χ0) is 40.0. The average molecular weight is 804 g/mol. The molecule has 14 heteroatoms. The number of ether oxygens (including phenoxy) is 8. The van der Waals surface area contributed by atoms with Crippen LogP contribution in [0.4, 0.5) is 5.13 Å². The number of nitrogens with zero attached hydrogens (tertiary/aromatic N) is 2. The second-order valence-electron chi connectivity index (χ2n) is 17.3. The fourth-order valence-corrected chi connectivity index (χ4v) is 12.2. The molecule has 1 saturated carbocycles. The van der Waals surface area contributed by atoms with Crippen molar-refractivity contribution in [2.75, 3.05) is 41.2 Å². The lowest BCUT2D eigenvalue weighted by Crippen LogP contribution is -2.59. The van der Waals surface area contributed by atoms with Crippen LogP contribution in [0.15, 0.2) is 11.6 Å². The Kier molecular flexibility index (Phi) is 13.3. The van der Waals surface area contributed by atoms with Gasteiger partial charge >= 0.3 is 5.97 Å². The lowest BCUT2D eigenvalue weighted by atomic mass is 9.67. The molecule has 0 radical (unpaired) electrons. The van der Waals surface area contributed by atoms with Gasteiger partial charge in [0.25, 0.3) is 0 Å². The number of fused-ring (bicyclic) bond motifs is 8. The number of cyclic esters (lactones) is 1. The monoisotopic (exact) mass is 803 g/mol. The van der Waals surface area contributed by atoms with E-state index in [2.05, 4.69) is 38.9 Å². The van der Waals surface area contributed by atoms with Crippen LogP contribution >= 0.6 is 11.3 Å². The minimum atomic E-state index is -0.652. The molecule has 0 bridgehead atoms. The summed E-state index contributed by atoms with van der Waals surface area (Å²) in [5.41, 5.74) is 8.09. The van der Waals surface area contributed by atoms with Gasteiger partial charge in [0.2, 0.25) is 0 Å². The number of methoxy groups -OCH3 is 3. The molecule has 2 N–H and O–H groups in total. The highest BCUT2D eigenvalue weighted by Crippen LogP contribution is 2.62. The van der Waals surface area contributed by atoms with Gasteiger partial charge in [0.1, 0.15) is 24.4 Å². The maximum Gasteiger partial charge on any atom is 0.306 e. The number of hydrogen-bond acceptors (Lipinski definition) is 14. The summed E-state index contributed by atoms with van der Waals surface area (Å²) in [6.45, 7) is 8.12. The molecule has 0 amide bonds. The Morgan fingerprint density at radius 1 is 0.911 bits per heavy atom. The quantitative estimate of drug-likeness (QED) is 0.309. The minimum absolute atomic E-state index is 0.0129. The van der Waals surface area contributed by atoms with Crippen molar-refractivity contribution in [3.05, 3.63) is 22.2 Å². The normalized spacial score (nSPS) is 43.2. The van der Waals surface area contributed by atoms with Gasteiger partial charge in [-0.15, -0.1) is 11.3 Å². The van der Waals surface area contributed by atoms with E-state index in [1.165, 1.54) is 11.3 Å². The molecular weight excluding hydrogens is 739 g/mol. The van der Waals surface area contributed by atoms with Gasteiger partial charge in [0, 0.05) is 55.9 Å². The van der Waals surface area contributed by atoms with Gasteiger partial charge in [-0.05, 0) is 96.7 Å². The molecular formula is C42H65N3O10S. The number of Topliss-reactive ketones (excluding diaryl/α,β-unsaturated/α-hetero) is 1. The van der Waals surface area contributed by atoms with E-state index in [0.29, 0.717) is 23.2 Å². The van der Waals surface area contributed by atoms with E-state index < -0.39 is 18.3 Å². The van der Waals surface area contributed by atoms with Crippen LogP contribution in [-0.2, 0) is 47.5 Å². The number of rotatable bonds is 9. The molecule has 56 heavy (non-hydrogen) atoms. The van der Waals surface area contributed by atoms with Gasteiger partial charge in [-0.3, -0.25) is 9.59 Å². The van der Waals surface area contributed by atoms with Crippen molar-refractivity contribution >= 4 is 28.2 Å². The molecule has 0 aromatic carbocycles. The summed E-state index contributed by atoms with van der Waals surface area (Å²) in [5, 5.41) is 0.498. The second-order valence-corrected chi connectivity index (χ2v) is 18.4. The molecule has 4 fully saturated rings. The van der Waals surface area contributed by atoms with Crippen molar-refractivity contribution in [1.82, 2.24) is 9.88 Å². The van der Waals surface area contributed by atoms with E-state index in [1.54, 1.807) is 21.3 Å². The first-order chi connectivity index (χ1) is 26.9. The van der Waals surface area contributed by atoms with E-state index in [9.17, 15) is 9.59 Å². The highest BCUT2D eigenvalue weighted by atomic mass is 32.1. The molecule has 6 aliphatic rings. The maximum absolute atomic E-state index is 15.0. The number of nitrogens with two attached hydrogens (primary N) is 1. The molecule has 13 nitrogen and oxygen atoms in total. The van der Waals surface area contributed by atoms with Crippen molar-refractivity contribution < 1.29 is 47.5 Å². The largest absolute Gasteiger partial charge is 0.462 e. The minimum Gasteiger partial charge on any atom is -0.462 e. The molecule has 7 rings (SSSR count). The first-order valence-corrected chi connectivity index (χ1v) is 21.8. The number of thiazole rings is 1. The van der Waals surface area contributed by atoms with Crippen molar-refractivity contribution in [1.29, 1.82) is 0 Å². The predicted octanol–water partition coefficient (Wildman–Crippen LogP) is 5.60. The van der Waals surface area contributed by atoms with Gasteiger partial charge < -0.3 is 48.5 Å². The van der Waals surface area contributed by atoms with Gasteiger partial charge in [-0.1, -0.05) is 19.9 Å². The summed E-state index contributed by atoms with van der Waals surface area (Å²) in [6, 6.07) is 0.317. The van der Waals surface area contributed by atoms with Crippen molar-refractivity contribution in [3.8, 4) is 0 Å². The van der Waals surface area contributed by atoms with Crippen LogP contribution < -0.4 is 5.73 Å². The summed E-state index contributed by atoms with van der Waals surface area (Å²) in [7, 11) is 9.11. The lowest BCUT2D eigenvalue weighted by Gasteiger charge is -2.44. The predicted molar refractivity (Wildman–Crippen MR) is 210 cm³/mol. The number of likely N-dealkylation sites (N-methyl/N-ethyl adjacent to an activating group) is 1. The van der Waals surface area contributed by atoms with E-state index in [0.717, 1.165) is 55.5 Å². The number of allylic oxidation sites excluding steroid dienone is 2. The van der Waals surface area contributed by atoms with Crippen LogP contribution in [0.25, 0.3) is 0 Å². The number of esters is 1. The molecule has 3 aliphatic heterocycles. The molecule has 0 spiro atoms.